The van der Waals surface area contributed by atoms with Crippen molar-refractivity contribution < 1.29 is 17.7 Å². The van der Waals surface area contributed by atoms with Crippen molar-refractivity contribution in [3.05, 3.63) is 41.5 Å². The van der Waals surface area contributed by atoms with Crippen LogP contribution in [0.1, 0.15) is 79.9 Å². The standard InChI is InChI=1S/C22H30N4O4S/c1-17-23-21(25-30-17)22(12-5-2-3-6-13-22)24-20(27)18-10-9-11-19(16-18)31(28,29)26-14-7-4-8-15-26/h9-11,16H,2-8,12-15H2,1H3,(H,24,27). The first-order chi connectivity index (χ1) is 14.9. The van der Waals surface area contributed by atoms with Crippen LogP contribution in [0, 0.1) is 6.92 Å². The maximum Gasteiger partial charge on any atom is 0.252 e. The van der Waals surface area contributed by atoms with Gasteiger partial charge in [0.1, 0.15) is 5.54 Å². The zero-order valence-electron chi connectivity index (χ0n) is 18.0. The summed E-state index contributed by atoms with van der Waals surface area (Å²) in [6, 6.07) is 6.32. The summed E-state index contributed by atoms with van der Waals surface area (Å²) < 4.78 is 32.8. The summed E-state index contributed by atoms with van der Waals surface area (Å²) in [5, 5.41) is 7.26. The predicted molar refractivity (Wildman–Crippen MR) is 115 cm³/mol. The third kappa shape index (κ3) is 4.67. The summed E-state index contributed by atoms with van der Waals surface area (Å²) in [5.74, 6) is 0.639. The van der Waals surface area contributed by atoms with Gasteiger partial charge in [0.05, 0.1) is 4.90 Å². The number of nitrogens with one attached hydrogen (secondary N) is 1. The molecule has 2 aromatic rings. The minimum atomic E-state index is -3.61. The molecule has 8 nitrogen and oxygen atoms in total. The topological polar surface area (TPSA) is 105 Å². The van der Waals surface area contributed by atoms with Gasteiger partial charge >= 0.3 is 0 Å². The van der Waals surface area contributed by atoms with E-state index in [9.17, 15) is 13.2 Å². The Morgan fingerprint density at radius 1 is 1.06 bits per heavy atom. The van der Waals surface area contributed by atoms with Crippen LogP contribution in [0.15, 0.2) is 33.7 Å². The molecular weight excluding hydrogens is 416 g/mol. The van der Waals surface area contributed by atoms with E-state index in [0.717, 1.165) is 57.8 Å². The van der Waals surface area contributed by atoms with E-state index in [4.69, 9.17) is 4.52 Å². The van der Waals surface area contributed by atoms with Crippen molar-refractivity contribution in [3.8, 4) is 0 Å². The number of carbonyl (C=O) groups excluding carboxylic acids is 1. The lowest BCUT2D eigenvalue weighted by molar-refractivity contribution is 0.0876. The quantitative estimate of drug-likeness (QED) is 0.705. The van der Waals surface area contributed by atoms with Crippen molar-refractivity contribution in [1.29, 1.82) is 0 Å². The number of rotatable bonds is 5. The van der Waals surface area contributed by atoms with Crippen molar-refractivity contribution in [2.24, 2.45) is 0 Å². The fraction of sp³-hybridized carbons (Fsp3) is 0.591. The molecule has 31 heavy (non-hydrogen) atoms. The van der Waals surface area contributed by atoms with Crippen LogP contribution in [0.4, 0.5) is 0 Å². The van der Waals surface area contributed by atoms with E-state index in [1.54, 1.807) is 25.1 Å². The molecule has 1 aliphatic heterocycles. The van der Waals surface area contributed by atoms with E-state index >= 15 is 0 Å². The van der Waals surface area contributed by atoms with Gasteiger partial charge in [0.15, 0.2) is 5.82 Å². The smallest absolute Gasteiger partial charge is 0.252 e. The van der Waals surface area contributed by atoms with Crippen molar-refractivity contribution in [1.82, 2.24) is 19.8 Å². The number of nitrogens with zero attached hydrogens (tertiary/aromatic N) is 3. The molecule has 1 aromatic heterocycles. The zero-order valence-corrected chi connectivity index (χ0v) is 18.8. The number of sulfonamides is 1. The van der Waals surface area contributed by atoms with Crippen LogP contribution in [0.25, 0.3) is 0 Å². The molecule has 0 spiro atoms. The molecule has 168 valence electrons. The highest BCUT2D eigenvalue weighted by Crippen LogP contribution is 2.35. The lowest BCUT2D eigenvalue weighted by Crippen LogP contribution is -2.46. The first-order valence-electron chi connectivity index (χ1n) is 11.1. The Morgan fingerprint density at radius 3 is 2.39 bits per heavy atom. The number of piperidine rings is 1. The number of hydrogen-bond donors (Lipinski definition) is 1. The Hall–Kier alpha value is -2.26. The summed E-state index contributed by atoms with van der Waals surface area (Å²) in [7, 11) is -3.61. The van der Waals surface area contributed by atoms with E-state index in [0.29, 0.717) is 30.4 Å². The maximum absolute atomic E-state index is 13.3. The van der Waals surface area contributed by atoms with E-state index in [1.165, 1.54) is 10.4 Å². The van der Waals surface area contributed by atoms with Crippen LogP contribution < -0.4 is 5.32 Å². The van der Waals surface area contributed by atoms with Crippen molar-refractivity contribution >= 4 is 15.9 Å². The molecular formula is C22H30N4O4S. The highest BCUT2D eigenvalue weighted by atomic mass is 32.2. The van der Waals surface area contributed by atoms with Crippen molar-refractivity contribution in [2.75, 3.05) is 13.1 Å². The van der Waals surface area contributed by atoms with Gasteiger partial charge in [0.25, 0.3) is 5.91 Å². The molecule has 1 saturated heterocycles. The number of amides is 1. The molecule has 4 rings (SSSR count). The Labute approximate surface area is 183 Å². The van der Waals surface area contributed by atoms with Gasteiger partial charge in [0.2, 0.25) is 15.9 Å². The lowest BCUT2D eigenvalue weighted by atomic mass is 9.88. The molecule has 2 aliphatic rings. The number of benzene rings is 1. The summed E-state index contributed by atoms with van der Waals surface area (Å²) in [4.78, 5) is 17.8. The Kier molecular flexibility index (Phi) is 6.43. The van der Waals surface area contributed by atoms with Gasteiger partial charge in [-0.2, -0.15) is 9.29 Å². The van der Waals surface area contributed by atoms with Gasteiger partial charge in [-0.25, -0.2) is 8.42 Å². The monoisotopic (exact) mass is 446 g/mol. The van der Waals surface area contributed by atoms with Crippen LogP contribution in [-0.2, 0) is 15.6 Å². The summed E-state index contributed by atoms with van der Waals surface area (Å²) in [6.45, 7) is 2.79. The Balaban J connectivity index is 1.60. The van der Waals surface area contributed by atoms with E-state index in [-0.39, 0.29) is 10.8 Å². The molecule has 1 amide bonds. The first-order valence-corrected chi connectivity index (χ1v) is 12.6. The summed E-state index contributed by atoms with van der Waals surface area (Å²) in [6.07, 6.45) is 8.34. The molecule has 0 unspecified atom stereocenters. The van der Waals surface area contributed by atoms with Gasteiger partial charge in [0, 0.05) is 25.6 Å². The van der Waals surface area contributed by atoms with Gasteiger partial charge in [-0.1, -0.05) is 43.3 Å². The second-order valence-corrected chi connectivity index (χ2v) is 10.5. The molecule has 0 bridgehead atoms. The second kappa shape index (κ2) is 9.08. The highest BCUT2D eigenvalue weighted by Gasteiger charge is 2.39. The fourth-order valence-electron chi connectivity index (χ4n) is 4.57. The number of hydrogen-bond acceptors (Lipinski definition) is 6. The fourth-order valence-corrected chi connectivity index (χ4v) is 6.14. The van der Waals surface area contributed by atoms with Crippen LogP contribution >= 0.6 is 0 Å². The third-order valence-electron chi connectivity index (χ3n) is 6.31. The summed E-state index contributed by atoms with van der Waals surface area (Å²) >= 11 is 0. The number of aryl methyl sites for hydroxylation is 1. The third-order valence-corrected chi connectivity index (χ3v) is 8.21. The van der Waals surface area contributed by atoms with Gasteiger partial charge < -0.3 is 9.84 Å². The van der Waals surface area contributed by atoms with Gasteiger partial charge in [-0.05, 0) is 43.9 Å². The van der Waals surface area contributed by atoms with E-state index in [1.807, 2.05) is 0 Å². The van der Waals surface area contributed by atoms with Crippen LogP contribution in [0.3, 0.4) is 0 Å². The molecule has 1 aliphatic carbocycles. The molecule has 0 radical (unpaired) electrons. The van der Waals surface area contributed by atoms with E-state index in [2.05, 4.69) is 15.5 Å². The van der Waals surface area contributed by atoms with Crippen molar-refractivity contribution in [3.63, 3.8) is 0 Å². The summed E-state index contributed by atoms with van der Waals surface area (Å²) in [5.41, 5.74) is -0.380. The molecule has 2 heterocycles. The van der Waals surface area contributed by atoms with Crippen LogP contribution in [0.5, 0.6) is 0 Å². The second-order valence-electron chi connectivity index (χ2n) is 8.58. The Bertz CT molecular complexity index is 1020. The molecule has 1 saturated carbocycles. The average molecular weight is 447 g/mol. The zero-order chi connectivity index (χ0) is 21.9. The lowest BCUT2D eigenvalue weighted by Gasteiger charge is -2.31. The van der Waals surface area contributed by atoms with Gasteiger partial charge in [-0.3, -0.25) is 4.79 Å². The number of aromatic nitrogens is 2. The first kappa shape index (κ1) is 22.0. The SMILES string of the molecule is Cc1nc(C2(NC(=O)c3cccc(S(=O)(=O)N4CCCCC4)c3)CCCCCC2)no1. The molecule has 0 atom stereocenters. The maximum atomic E-state index is 13.3. The van der Waals surface area contributed by atoms with E-state index < -0.39 is 15.6 Å². The average Bonchev–Trinajstić information content (AvgIpc) is 3.09. The molecule has 2 fully saturated rings. The Morgan fingerprint density at radius 2 is 1.74 bits per heavy atom. The minimum Gasteiger partial charge on any atom is -0.340 e. The minimum absolute atomic E-state index is 0.160. The highest BCUT2D eigenvalue weighted by molar-refractivity contribution is 7.89. The van der Waals surface area contributed by atoms with Gasteiger partial charge in [-0.15, -0.1) is 0 Å². The molecule has 9 heteroatoms. The molecule has 1 aromatic carbocycles. The van der Waals surface area contributed by atoms with Crippen LogP contribution in [-0.4, -0.2) is 41.9 Å². The molecule has 1 N–H and O–H groups in total. The normalized spacial score (nSPS) is 20.2. The number of carbonyl (C=O) groups is 1. The van der Waals surface area contributed by atoms with Crippen LogP contribution in [0.2, 0.25) is 0 Å². The predicted octanol–water partition coefficient (Wildman–Crippen LogP) is 3.53. The van der Waals surface area contributed by atoms with Crippen molar-refractivity contribution in [2.45, 2.75) is 75.1 Å². The largest absolute Gasteiger partial charge is 0.340 e.